The lowest BCUT2D eigenvalue weighted by molar-refractivity contribution is 0.164. The summed E-state index contributed by atoms with van der Waals surface area (Å²) < 4.78 is 7.52. The molecule has 1 aliphatic rings. The van der Waals surface area contributed by atoms with Crippen molar-refractivity contribution in [1.82, 2.24) is 19.8 Å². The van der Waals surface area contributed by atoms with E-state index in [2.05, 4.69) is 39.7 Å². The summed E-state index contributed by atoms with van der Waals surface area (Å²) in [6.07, 6.45) is 1.81. The number of nitrogens with zero attached hydrogens (tertiary/aromatic N) is 3. The number of nitrogens with one attached hydrogen (secondary N) is 1. The lowest BCUT2D eigenvalue weighted by atomic mass is 9.97. The molecule has 5 nitrogen and oxygen atoms in total. The van der Waals surface area contributed by atoms with Gasteiger partial charge in [-0.1, -0.05) is 29.3 Å². The lowest BCUT2D eigenvalue weighted by Crippen LogP contribution is -2.32. The molecule has 0 aliphatic carbocycles. The first kappa shape index (κ1) is 22.1. The van der Waals surface area contributed by atoms with Crippen molar-refractivity contribution in [3.8, 4) is 5.69 Å². The van der Waals surface area contributed by atoms with E-state index in [0.29, 0.717) is 28.3 Å². The number of ether oxygens (including phenoxy) is 1. The van der Waals surface area contributed by atoms with Crippen LogP contribution in [-0.4, -0.2) is 39.8 Å². The van der Waals surface area contributed by atoms with E-state index in [0.717, 1.165) is 22.8 Å². The highest BCUT2D eigenvalue weighted by Gasteiger charge is 2.41. The van der Waals surface area contributed by atoms with Crippen molar-refractivity contribution in [1.29, 1.82) is 0 Å². The van der Waals surface area contributed by atoms with Crippen LogP contribution in [0.3, 0.4) is 0 Å². The van der Waals surface area contributed by atoms with Gasteiger partial charge in [-0.2, -0.15) is 0 Å². The zero-order chi connectivity index (χ0) is 22.1. The molecule has 0 saturated carbocycles. The van der Waals surface area contributed by atoms with Crippen LogP contribution in [0.5, 0.6) is 0 Å². The van der Waals surface area contributed by atoms with Crippen LogP contribution in [0.2, 0.25) is 10.0 Å². The summed E-state index contributed by atoms with van der Waals surface area (Å²) in [4.78, 5) is 6.79. The Balaban J connectivity index is 1.83. The van der Waals surface area contributed by atoms with Crippen LogP contribution in [0.1, 0.15) is 34.7 Å². The fourth-order valence-corrected chi connectivity index (χ4v) is 5.12. The van der Waals surface area contributed by atoms with Gasteiger partial charge in [0.2, 0.25) is 0 Å². The summed E-state index contributed by atoms with van der Waals surface area (Å²) in [6, 6.07) is 13.6. The zero-order valence-electron chi connectivity index (χ0n) is 17.6. The average Bonchev–Trinajstić information content (AvgIpc) is 3.23. The first-order valence-corrected chi connectivity index (χ1v) is 11.2. The predicted molar refractivity (Wildman–Crippen MR) is 129 cm³/mol. The Morgan fingerprint density at radius 3 is 2.65 bits per heavy atom. The monoisotopic (exact) mass is 474 g/mol. The minimum Gasteiger partial charge on any atom is -0.383 e. The van der Waals surface area contributed by atoms with Crippen molar-refractivity contribution in [3.63, 3.8) is 0 Å². The second-order valence-electron chi connectivity index (χ2n) is 7.57. The molecule has 4 rings (SSSR count). The average molecular weight is 475 g/mol. The summed E-state index contributed by atoms with van der Waals surface area (Å²) in [6.45, 7) is 5.45. The molecule has 1 fully saturated rings. The number of aryl methyl sites for hydroxylation is 1. The molecule has 3 heterocycles. The number of benzene rings is 1. The van der Waals surface area contributed by atoms with E-state index in [9.17, 15) is 0 Å². The lowest BCUT2D eigenvalue weighted by Gasteiger charge is -2.28. The number of halogens is 2. The number of hydrogen-bond acceptors (Lipinski definition) is 3. The van der Waals surface area contributed by atoms with Gasteiger partial charge in [0.15, 0.2) is 5.11 Å². The normalized spacial score (nSPS) is 18.5. The van der Waals surface area contributed by atoms with Crippen LogP contribution in [-0.2, 0) is 4.74 Å². The van der Waals surface area contributed by atoms with Gasteiger partial charge < -0.3 is 19.5 Å². The number of aromatic nitrogens is 2. The molecule has 1 N–H and O–H groups in total. The van der Waals surface area contributed by atoms with Gasteiger partial charge in [-0.15, -0.1) is 0 Å². The molecule has 8 heteroatoms. The summed E-state index contributed by atoms with van der Waals surface area (Å²) in [7, 11) is 1.70. The van der Waals surface area contributed by atoms with Crippen LogP contribution in [0.15, 0.2) is 48.7 Å². The van der Waals surface area contributed by atoms with E-state index in [1.54, 1.807) is 13.2 Å². The molecule has 2 aromatic heterocycles. The largest absolute Gasteiger partial charge is 0.383 e. The summed E-state index contributed by atoms with van der Waals surface area (Å²) in [5.74, 6) is 0. The highest BCUT2D eigenvalue weighted by Crippen LogP contribution is 2.41. The van der Waals surface area contributed by atoms with Crippen molar-refractivity contribution in [3.05, 3.63) is 81.4 Å². The summed E-state index contributed by atoms with van der Waals surface area (Å²) in [5, 5.41) is 5.40. The molecule has 0 bridgehead atoms. The number of methoxy groups -OCH3 is 1. The Morgan fingerprint density at radius 1 is 1.16 bits per heavy atom. The second kappa shape index (κ2) is 9.17. The molecule has 0 radical (unpaired) electrons. The Kier molecular flexibility index (Phi) is 6.53. The van der Waals surface area contributed by atoms with Crippen LogP contribution >= 0.6 is 35.4 Å². The van der Waals surface area contributed by atoms with Gasteiger partial charge in [0.25, 0.3) is 0 Å². The van der Waals surface area contributed by atoms with Crippen LogP contribution < -0.4 is 5.32 Å². The molecule has 31 heavy (non-hydrogen) atoms. The SMILES string of the molecule is COCCN1C(=S)N[C@@H](c2ccccn2)[C@@H]1c1cc(C)n(-c2ccc(Cl)cc2Cl)c1C. The summed E-state index contributed by atoms with van der Waals surface area (Å²) in [5.41, 5.74) is 5.20. The minimum atomic E-state index is -0.0693. The van der Waals surface area contributed by atoms with Crippen LogP contribution in [0, 0.1) is 13.8 Å². The number of hydrogen-bond donors (Lipinski definition) is 1. The van der Waals surface area contributed by atoms with E-state index < -0.39 is 0 Å². The van der Waals surface area contributed by atoms with Crippen molar-refractivity contribution < 1.29 is 4.74 Å². The van der Waals surface area contributed by atoms with E-state index in [4.69, 9.17) is 40.2 Å². The van der Waals surface area contributed by atoms with Gasteiger partial charge in [0, 0.05) is 36.3 Å². The fourth-order valence-electron chi connectivity index (χ4n) is 4.29. The van der Waals surface area contributed by atoms with Gasteiger partial charge in [-0.05, 0) is 68.0 Å². The summed E-state index contributed by atoms with van der Waals surface area (Å²) >= 11 is 18.4. The molecular formula is C23H24Cl2N4OS. The number of pyridine rings is 1. The molecule has 0 spiro atoms. The molecule has 1 aliphatic heterocycles. The third-order valence-electron chi connectivity index (χ3n) is 5.67. The zero-order valence-corrected chi connectivity index (χ0v) is 19.9. The number of rotatable bonds is 6. The van der Waals surface area contributed by atoms with Gasteiger partial charge in [0.1, 0.15) is 0 Å². The van der Waals surface area contributed by atoms with Crippen molar-refractivity contribution in [2.75, 3.05) is 20.3 Å². The predicted octanol–water partition coefficient (Wildman–Crippen LogP) is 5.41. The molecule has 162 valence electrons. The highest BCUT2D eigenvalue weighted by molar-refractivity contribution is 7.80. The van der Waals surface area contributed by atoms with Crippen LogP contribution in [0.4, 0.5) is 0 Å². The van der Waals surface area contributed by atoms with E-state index in [-0.39, 0.29) is 12.1 Å². The van der Waals surface area contributed by atoms with Gasteiger partial charge in [0.05, 0.1) is 35.1 Å². The van der Waals surface area contributed by atoms with Gasteiger partial charge >= 0.3 is 0 Å². The Labute approximate surface area is 197 Å². The molecule has 0 unspecified atom stereocenters. The maximum absolute atomic E-state index is 6.55. The van der Waals surface area contributed by atoms with E-state index in [1.165, 1.54) is 5.56 Å². The molecule has 1 aromatic carbocycles. The van der Waals surface area contributed by atoms with E-state index in [1.807, 2.05) is 36.5 Å². The van der Waals surface area contributed by atoms with Crippen LogP contribution in [0.25, 0.3) is 5.69 Å². The van der Waals surface area contributed by atoms with E-state index >= 15 is 0 Å². The molecule has 3 aromatic rings. The molecular weight excluding hydrogens is 451 g/mol. The first-order chi connectivity index (χ1) is 14.9. The third kappa shape index (κ3) is 4.17. The standard InChI is InChI=1S/C23H24Cl2N4OS/c1-14-12-17(15(2)29(14)20-8-7-16(24)13-18(20)25)22-21(19-6-4-5-9-26-19)27-23(31)28(22)10-11-30-3/h4-9,12-13,21-22H,10-11H2,1-3H3,(H,27,31)/t21-,22-/m0/s1. The Bertz CT molecular complexity index is 1100. The minimum absolute atomic E-state index is 0.0245. The van der Waals surface area contributed by atoms with Crippen molar-refractivity contribution in [2.24, 2.45) is 0 Å². The smallest absolute Gasteiger partial charge is 0.170 e. The first-order valence-electron chi connectivity index (χ1n) is 10.0. The number of thiocarbonyl (C=S) groups is 1. The Hall–Kier alpha value is -2.12. The highest BCUT2D eigenvalue weighted by atomic mass is 35.5. The molecule has 1 saturated heterocycles. The molecule has 2 atom stereocenters. The topological polar surface area (TPSA) is 42.3 Å². The van der Waals surface area contributed by atoms with Crippen molar-refractivity contribution in [2.45, 2.75) is 25.9 Å². The fraction of sp³-hybridized carbons (Fsp3) is 0.304. The quantitative estimate of drug-likeness (QED) is 0.483. The van der Waals surface area contributed by atoms with Gasteiger partial charge in [-0.3, -0.25) is 4.98 Å². The molecule has 0 amide bonds. The third-order valence-corrected chi connectivity index (χ3v) is 6.56. The van der Waals surface area contributed by atoms with Gasteiger partial charge in [-0.25, -0.2) is 0 Å². The maximum atomic E-state index is 6.55. The van der Waals surface area contributed by atoms with Crippen molar-refractivity contribution >= 4 is 40.5 Å². The maximum Gasteiger partial charge on any atom is 0.170 e. The second-order valence-corrected chi connectivity index (χ2v) is 8.80. The Morgan fingerprint density at radius 2 is 1.97 bits per heavy atom.